The van der Waals surface area contributed by atoms with Crippen molar-refractivity contribution < 1.29 is 19.4 Å². The molecule has 0 bridgehead atoms. The first-order valence-electron chi connectivity index (χ1n) is 8.43. The van der Waals surface area contributed by atoms with Crippen LogP contribution in [0.4, 0.5) is 0 Å². The van der Waals surface area contributed by atoms with Gasteiger partial charge in [-0.15, -0.1) is 0 Å². The Bertz CT molecular complexity index is 956. The van der Waals surface area contributed by atoms with Crippen LogP contribution in [-0.2, 0) is 6.42 Å². The number of carbonyl (C=O) groups is 1. The van der Waals surface area contributed by atoms with Crippen LogP contribution >= 0.6 is 0 Å². The molecule has 3 aromatic rings. The molecule has 2 aromatic heterocycles. The van der Waals surface area contributed by atoms with Crippen molar-refractivity contribution >= 4 is 16.9 Å². The third kappa shape index (κ3) is 3.85. The standard InChI is InChI=1S/C19H22N4O4/c1-19(11-24,10-12-6-7-14(26-2)15(9-12)27-3)21-18(25)16-13-5-4-8-20-17(13)23-22-16/h4-9,24H,10-11H2,1-3H3,(H,21,25)(H,20,22,23). The number of hydrogen-bond donors (Lipinski definition) is 3. The lowest BCUT2D eigenvalue weighted by molar-refractivity contribution is 0.0848. The summed E-state index contributed by atoms with van der Waals surface area (Å²) in [5, 5.41) is 20.2. The molecule has 0 aliphatic carbocycles. The fourth-order valence-corrected chi connectivity index (χ4v) is 2.94. The van der Waals surface area contributed by atoms with Crippen molar-refractivity contribution in [2.24, 2.45) is 0 Å². The van der Waals surface area contributed by atoms with Crippen LogP contribution in [0, 0.1) is 0 Å². The van der Waals surface area contributed by atoms with Gasteiger partial charge in [-0.3, -0.25) is 9.89 Å². The van der Waals surface area contributed by atoms with Gasteiger partial charge >= 0.3 is 0 Å². The number of nitrogens with zero attached hydrogens (tertiary/aromatic N) is 2. The number of rotatable bonds is 7. The highest BCUT2D eigenvalue weighted by atomic mass is 16.5. The van der Waals surface area contributed by atoms with Gasteiger partial charge in [0.1, 0.15) is 5.69 Å². The summed E-state index contributed by atoms with van der Waals surface area (Å²) in [5.41, 5.74) is 0.787. The molecule has 0 saturated heterocycles. The number of aliphatic hydroxyl groups is 1. The SMILES string of the molecule is COc1ccc(CC(C)(CO)NC(=O)c2[nH]nc3ncccc23)cc1OC. The summed E-state index contributed by atoms with van der Waals surface area (Å²) in [6.07, 6.45) is 2.01. The number of amides is 1. The highest BCUT2D eigenvalue weighted by Gasteiger charge is 2.28. The summed E-state index contributed by atoms with van der Waals surface area (Å²) >= 11 is 0. The summed E-state index contributed by atoms with van der Waals surface area (Å²) < 4.78 is 10.6. The summed E-state index contributed by atoms with van der Waals surface area (Å²) in [5.74, 6) is 0.849. The molecular weight excluding hydrogens is 348 g/mol. The first-order chi connectivity index (χ1) is 13.0. The molecule has 3 N–H and O–H groups in total. The van der Waals surface area contributed by atoms with Gasteiger partial charge < -0.3 is 19.9 Å². The molecular formula is C19H22N4O4. The molecule has 2 heterocycles. The van der Waals surface area contributed by atoms with Crippen LogP contribution in [0.25, 0.3) is 11.0 Å². The minimum absolute atomic E-state index is 0.239. The molecule has 1 aromatic carbocycles. The molecule has 8 nitrogen and oxygen atoms in total. The topological polar surface area (TPSA) is 109 Å². The number of carbonyl (C=O) groups excluding carboxylic acids is 1. The predicted molar refractivity (Wildman–Crippen MR) is 100 cm³/mol. The summed E-state index contributed by atoms with van der Waals surface area (Å²) in [6.45, 7) is 1.54. The number of pyridine rings is 1. The van der Waals surface area contributed by atoms with Gasteiger partial charge in [0.25, 0.3) is 5.91 Å². The van der Waals surface area contributed by atoms with Crippen LogP contribution in [0.15, 0.2) is 36.5 Å². The van der Waals surface area contributed by atoms with Crippen molar-refractivity contribution in [3.05, 3.63) is 47.8 Å². The van der Waals surface area contributed by atoms with E-state index >= 15 is 0 Å². The van der Waals surface area contributed by atoms with E-state index in [1.165, 1.54) is 0 Å². The molecule has 0 radical (unpaired) electrons. The molecule has 1 unspecified atom stereocenters. The van der Waals surface area contributed by atoms with Crippen molar-refractivity contribution in [1.82, 2.24) is 20.5 Å². The Morgan fingerprint density at radius 3 is 2.74 bits per heavy atom. The van der Waals surface area contributed by atoms with Gasteiger partial charge in [0.2, 0.25) is 0 Å². The Balaban J connectivity index is 1.82. The number of aromatic amines is 1. The van der Waals surface area contributed by atoms with E-state index in [1.54, 1.807) is 45.5 Å². The molecule has 0 aliphatic heterocycles. The molecule has 27 heavy (non-hydrogen) atoms. The minimum atomic E-state index is -0.879. The van der Waals surface area contributed by atoms with Crippen molar-refractivity contribution in [1.29, 1.82) is 0 Å². The fourth-order valence-electron chi connectivity index (χ4n) is 2.94. The zero-order valence-electron chi connectivity index (χ0n) is 15.4. The van der Waals surface area contributed by atoms with E-state index in [0.29, 0.717) is 34.6 Å². The lowest BCUT2D eigenvalue weighted by atomic mass is 9.93. The fraction of sp³-hybridized carbons (Fsp3) is 0.316. The second-order valence-electron chi connectivity index (χ2n) is 6.51. The molecule has 0 fully saturated rings. The van der Waals surface area contributed by atoms with E-state index in [4.69, 9.17) is 9.47 Å². The van der Waals surface area contributed by atoms with Crippen molar-refractivity contribution in [3.63, 3.8) is 0 Å². The third-order valence-corrected chi connectivity index (χ3v) is 4.36. The Morgan fingerprint density at radius 2 is 2.04 bits per heavy atom. The lowest BCUT2D eigenvalue weighted by Gasteiger charge is -2.29. The largest absolute Gasteiger partial charge is 0.493 e. The molecule has 1 atom stereocenters. The van der Waals surface area contributed by atoms with Crippen molar-refractivity contribution in [3.8, 4) is 11.5 Å². The van der Waals surface area contributed by atoms with E-state index < -0.39 is 5.54 Å². The maximum Gasteiger partial charge on any atom is 0.270 e. The highest BCUT2D eigenvalue weighted by molar-refractivity contribution is 6.04. The van der Waals surface area contributed by atoms with Crippen molar-refractivity contribution in [2.45, 2.75) is 18.9 Å². The number of ether oxygens (including phenoxy) is 2. The number of nitrogens with one attached hydrogen (secondary N) is 2. The predicted octanol–water partition coefficient (Wildman–Crippen LogP) is 1.70. The number of aromatic nitrogens is 3. The third-order valence-electron chi connectivity index (χ3n) is 4.36. The summed E-state index contributed by atoms with van der Waals surface area (Å²) in [6, 6.07) is 9.00. The molecule has 0 saturated carbocycles. The van der Waals surface area contributed by atoms with E-state index in [1.807, 2.05) is 12.1 Å². The molecule has 8 heteroatoms. The Hall–Kier alpha value is -3.13. The summed E-state index contributed by atoms with van der Waals surface area (Å²) in [4.78, 5) is 16.8. The molecule has 0 aliphatic rings. The Morgan fingerprint density at radius 1 is 1.26 bits per heavy atom. The van der Waals surface area contributed by atoms with E-state index in [-0.39, 0.29) is 12.5 Å². The number of H-pyrrole nitrogens is 1. The first-order valence-corrected chi connectivity index (χ1v) is 8.43. The van der Waals surface area contributed by atoms with E-state index in [0.717, 1.165) is 5.56 Å². The van der Waals surface area contributed by atoms with Crippen LogP contribution in [0.5, 0.6) is 11.5 Å². The van der Waals surface area contributed by atoms with Gasteiger partial charge in [0, 0.05) is 6.20 Å². The highest BCUT2D eigenvalue weighted by Crippen LogP contribution is 2.29. The maximum absolute atomic E-state index is 12.7. The smallest absolute Gasteiger partial charge is 0.270 e. The zero-order valence-corrected chi connectivity index (χ0v) is 15.4. The zero-order chi connectivity index (χ0) is 19.4. The monoisotopic (exact) mass is 370 g/mol. The quantitative estimate of drug-likeness (QED) is 0.584. The van der Waals surface area contributed by atoms with Gasteiger partial charge in [-0.1, -0.05) is 6.07 Å². The van der Waals surface area contributed by atoms with Gasteiger partial charge in [-0.2, -0.15) is 5.10 Å². The van der Waals surface area contributed by atoms with E-state index in [2.05, 4.69) is 20.5 Å². The molecule has 1 amide bonds. The van der Waals surface area contributed by atoms with Crippen LogP contribution in [0.2, 0.25) is 0 Å². The molecule has 3 rings (SSSR count). The van der Waals surface area contributed by atoms with Crippen molar-refractivity contribution in [2.75, 3.05) is 20.8 Å². The number of benzene rings is 1. The van der Waals surface area contributed by atoms with Crippen LogP contribution in [0.1, 0.15) is 23.0 Å². The second-order valence-corrected chi connectivity index (χ2v) is 6.51. The summed E-state index contributed by atoms with van der Waals surface area (Å²) in [7, 11) is 3.13. The molecule has 0 spiro atoms. The van der Waals surface area contributed by atoms with Crippen LogP contribution in [-0.4, -0.2) is 52.6 Å². The lowest BCUT2D eigenvalue weighted by Crippen LogP contribution is -2.50. The number of methoxy groups -OCH3 is 2. The number of fused-ring (bicyclic) bond motifs is 1. The van der Waals surface area contributed by atoms with Crippen LogP contribution < -0.4 is 14.8 Å². The van der Waals surface area contributed by atoms with E-state index in [9.17, 15) is 9.90 Å². The van der Waals surface area contributed by atoms with Gasteiger partial charge in [0.15, 0.2) is 17.1 Å². The average Bonchev–Trinajstić information content (AvgIpc) is 3.12. The van der Waals surface area contributed by atoms with Gasteiger partial charge in [0.05, 0.1) is 31.8 Å². The minimum Gasteiger partial charge on any atom is -0.493 e. The number of aliphatic hydroxyl groups excluding tert-OH is 1. The Labute approximate surface area is 156 Å². The first kappa shape index (κ1) is 18.7. The second kappa shape index (κ2) is 7.63. The normalized spacial score (nSPS) is 13.2. The number of hydrogen-bond acceptors (Lipinski definition) is 6. The van der Waals surface area contributed by atoms with Gasteiger partial charge in [-0.25, -0.2) is 4.98 Å². The Kier molecular flexibility index (Phi) is 5.27. The average molecular weight is 370 g/mol. The maximum atomic E-state index is 12.7. The van der Waals surface area contributed by atoms with Gasteiger partial charge in [-0.05, 0) is 43.2 Å². The molecule has 142 valence electrons. The van der Waals surface area contributed by atoms with Crippen LogP contribution in [0.3, 0.4) is 0 Å².